The second kappa shape index (κ2) is 6.93. The van der Waals surface area contributed by atoms with Crippen LogP contribution < -0.4 is 0 Å². The van der Waals surface area contributed by atoms with Crippen molar-refractivity contribution in [2.24, 2.45) is 7.05 Å². The number of nitrogens with zero attached hydrogens (tertiary/aromatic N) is 5. The van der Waals surface area contributed by atoms with Gasteiger partial charge in [-0.1, -0.05) is 0 Å². The van der Waals surface area contributed by atoms with Crippen molar-refractivity contribution in [3.8, 4) is 11.3 Å². The number of hydrogen-bond acceptors (Lipinski definition) is 4. The summed E-state index contributed by atoms with van der Waals surface area (Å²) in [5, 5.41) is 12.2. The van der Waals surface area contributed by atoms with Crippen LogP contribution in [-0.2, 0) is 13.5 Å². The zero-order valence-electron chi connectivity index (χ0n) is 16.7. The molecule has 1 atom stereocenters. The lowest BCUT2D eigenvalue weighted by Crippen LogP contribution is -2.39. The van der Waals surface area contributed by atoms with Gasteiger partial charge in [0.15, 0.2) is 23.1 Å². The molecular formula is C21H17F3N6O. The Morgan fingerprint density at radius 1 is 1.23 bits per heavy atom. The molecule has 0 fully saturated rings. The van der Waals surface area contributed by atoms with Crippen LogP contribution in [0.4, 0.5) is 13.2 Å². The van der Waals surface area contributed by atoms with Crippen LogP contribution in [-0.4, -0.2) is 42.3 Å². The van der Waals surface area contributed by atoms with E-state index in [4.69, 9.17) is 0 Å². The number of hydrogen-bond donors (Lipinski definition) is 1. The van der Waals surface area contributed by atoms with Crippen LogP contribution in [0.25, 0.3) is 22.2 Å². The summed E-state index contributed by atoms with van der Waals surface area (Å²) in [6, 6.07) is 3.26. The summed E-state index contributed by atoms with van der Waals surface area (Å²) in [5.74, 6) is -4.27. The van der Waals surface area contributed by atoms with Gasteiger partial charge in [0.2, 0.25) is 0 Å². The van der Waals surface area contributed by atoms with E-state index < -0.39 is 17.5 Å². The number of carbonyl (C=O) groups is 1. The van der Waals surface area contributed by atoms with E-state index >= 15 is 0 Å². The first-order valence-corrected chi connectivity index (χ1v) is 9.66. The van der Waals surface area contributed by atoms with Gasteiger partial charge in [-0.2, -0.15) is 10.2 Å². The predicted octanol–water partition coefficient (Wildman–Crippen LogP) is 3.54. The number of amides is 1. The van der Waals surface area contributed by atoms with E-state index in [0.29, 0.717) is 41.0 Å². The predicted molar refractivity (Wildman–Crippen MR) is 106 cm³/mol. The van der Waals surface area contributed by atoms with Gasteiger partial charge in [0.05, 0.1) is 29.1 Å². The normalized spacial score (nSPS) is 16.0. The van der Waals surface area contributed by atoms with Crippen LogP contribution in [0.15, 0.2) is 30.6 Å². The van der Waals surface area contributed by atoms with Crippen molar-refractivity contribution in [3.63, 3.8) is 0 Å². The van der Waals surface area contributed by atoms with Crippen molar-refractivity contribution < 1.29 is 18.0 Å². The van der Waals surface area contributed by atoms with Gasteiger partial charge in [-0.05, 0) is 31.5 Å². The molecule has 1 aliphatic heterocycles. The summed E-state index contributed by atoms with van der Waals surface area (Å²) in [6.45, 7) is 2.21. The van der Waals surface area contributed by atoms with Gasteiger partial charge >= 0.3 is 0 Å². The molecular weight excluding hydrogens is 409 g/mol. The van der Waals surface area contributed by atoms with Gasteiger partial charge in [0, 0.05) is 36.3 Å². The summed E-state index contributed by atoms with van der Waals surface area (Å²) in [5.41, 5.74) is 3.07. The molecule has 4 aromatic rings. The molecule has 7 nitrogen and oxygen atoms in total. The fourth-order valence-corrected chi connectivity index (χ4v) is 4.24. The maximum absolute atomic E-state index is 13.8. The Bertz CT molecular complexity index is 1320. The molecule has 0 saturated carbocycles. The average Bonchev–Trinajstić information content (AvgIpc) is 3.32. The van der Waals surface area contributed by atoms with Crippen molar-refractivity contribution in [2.45, 2.75) is 19.4 Å². The third-order valence-corrected chi connectivity index (χ3v) is 5.73. The zero-order chi connectivity index (χ0) is 21.9. The van der Waals surface area contributed by atoms with Crippen LogP contribution in [0.2, 0.25) is 0 Å². The van der Waals surface area contributed by atoms with Gasteiger partial charge in [0.1, 0.15) is 0 Å². The average molecular weight is 426 g/mol. The Morgan fingerprint density at radius 3 is 2.71 bits per heavy atom. The Kier molecular flexibility index (Phi) is 4.31. The Labute approximate surface area is 174 Å². The molecule has 31 heavy (non-hydrogen) atoms. The lowest BCUT2D eigenvalue weighted by atomic mass is 9.95. The zero-order valence-corrected chi connectivity index (χ0v) is 16.7. The minimum Gasteiger partial charge on any atom is -0.328 e. The van der Waals surface area contributed by atoms with Gasteiger partial charge < -0.3 is 4.90 Å². The molecule has 10 heteroatoms. The molecule has 0 aliphatic carbocycles. The number of nitrogens with one attached hydrogen (secondary N) is 1. The summed E-state index contributed by atoms with van der Waals surface area (Å²) in [7, 11) is 1.65. The monoisotopic (exact) mass is 426 g/mol. The van der Waals surface area contributed by atoms with Gasteiger partial charge in [-0.15, -0.1) is 0 Å². The maximum Gasteiger partial charge on any atom is 0.275 e. The number of aromatic nitrogens is 5. The molecule has 0 bridgehead atoms. The third-order valence-electron chi connectivity index (χ3n) is 5.73. The minimum absolute atomic E-state index is 0.199. The molecule has 0 saturated heterocycles. The second-order valence-corrected chi connectivity index (χ2v) is 7.51. The SMILES string of the molecule is C[C@H]1c2nn(C)c(-c3cc(F)c(F)c(F)c3)c2CCN1C(=O)c1n[nH]c2cnccc12. The van der Waals surface area contributed by atoms with E-state index in [0.717, 1.165) is 17.7 Å². The molecule has 4 heterocycles. The molecule has 5 rings (SSSR count). The first kappa shape index (κ1) is 19.3. The molecule has 1 amide bonds. The van der Waals surface area contributed by atoms with Crippen molar-refractivity contribution >= 4 is 16.8 Å². The second-order valence-electron chi connectivity index (χ2n) is 7.51. The Hall–Kier alpha value is -3.69. The van der Waals surface area contributed by atoms with Crippen LogP contribution >= 0.6 is 0 Å². The summed E-state index contributed by atoms with van der Waals surface area (Å²) in [6.07, 6.45) is 3.63. The fraction of sp³-hybridized carbons (Fsp3) is 0.238. The van der Waals surface area contributed by atoms with Crippen LogP contribution in [0, 0.1) is 17.5 Å². The summed E-state index contributed by atoms with van der Waals surface area (Å²) in [4.78, 5) is 18.9. The standard InChI is InChI=1S/C21H17F3N6O/c1-10-18-13(20(29(2)28-18)11-7-14(22)17(24)15(23)8-11)4-6-30(10)21(31)19-12-3-5-25-9-16(12)26-27-19/h3,5,7-10H,4,6H2,1-2H3,(H,26,27)/t10-/m0/s1. The summed E-state index contributed by atoms with van der Waals surface area (Å²) < 4.78 is 42.5. The van der Waals surface area contributed by atoms with Crippen LogP contribution in [0.5, 0.6) is 0 Å². The van der Waals surface area contributed by atoms with Crippen LogP contribution in [0.3, 0.4) is 0 Å². The Morgan fingerprint density at radius 2 is 1.97 bits per heavy atom. The number of pyridine rings is 1. The van der Waals surface area contributed by atoms with E-state index in [2.05, 4.69) is 20.3 Å². The summed E-state index contributed by atoms with van der Waals surface area (Å²) >= 11 is 0. The van der Waals surface area contributed by atoms with Crippen molar-refractivity contribution in [2.75, 3.05) is 6.54 Å². The molecule has 3 aromatic heterocycles. The number of benzene rings is 1. The van der Waals surface area contributed by atoms with Gasteiger partial charge in [-0.3, -0.25) is 19.6 Å². The quantitative estimate of drug-likeness (QED) is 0.498. The first-order valence-electron chi connectivity index (χ1n) is 9.66. The number of halogens is 3. The van der Waals surface area contributed by atoms with E-state index in [9.17, 15) is 18.0 Å². The highest BCUT2D eigenvalue weighted by Crippen LogP contribution is 2.37. The highest BCUT2D eigenvalue weighted by molar-refractivity contribution is 6.04. The number of aromatic amines is 1. The van der Waals surface area contributed by atoms with E-state index in [-0.39, 0.29) is 17.5 Å². The number of rotatable bonds is 2. The molecule has 1 aliphatic rings. The number of fused-ring (bicyclic) bond motifs is 2. The highest BCUT2D eigenvalue weighted by Gasteiger charge is 2.35. The van der Waals surface area contributed by atoms with E-state index in [1.165, 1.54) is 4.68 Å². The van der Waals surface area contributed by atoms with Crippen molar-refractivity contribution in [1.29, 1.82) is 0 Å². The molecule has 0 unspecified atom stereocenters. The lowest BCUT2D eigenvalue weighted by Gasteiger charge is -2.32. The maximum atomic E-state index is 13.8. The van der Waals surface area contributed by atoms with Gasteiger partial charge in [-0.25, -0.2) is 13.2 Å². The molecule has 1 aromatic carbocycles. The number of H-pyrrole nitrogens is 1. The van der Waals surface area contributed by atoms with Crippen molar-refractivity contribution in [1.82, 2.24) is 29.9 Å². The minimum atomic E-state index is -1.51. The highest BCUT2D eigenvalue weighted by atomic mass is 19.2. The smallest absolute Gasteiger partial charge is 0.275 e. The molecule has 0 radical (unpaired) electrons. The third kappa shape index (κ3) is 2.89. The molecule has 1 N–H and O–H groups in total. The molecule has 0 spiro atoms. The largest absolute Gasteiger partial charge is 0.328 e. The van der Waals surface area contributed by atoms with E-state index in [1.807, 2.05) is 6.92 Å². The fourth-order valence-electron chi connectivity index (χ4n) is 4.24. The lowest BCUT2D eigenvalue weighted by molar-refractivity contribution is 0.0669. The van der Waals surface area contributed by atoms with Gasteiger partial charge in [0.25, 0.3) is 5.91 Å². The molecule has 158 valence electrons. The van der Waals surface area contributed by atoms with E-state index in [1.54, 1.807) is 30.4 Å². The van der Waals surface area contributed by atoms with Crippen LogP contribution in [0.1, 0.15) is 34.7 Å². The number of aryl methyl sites for hydroxylation is 1. The topological polar surface area (TPSA) is 79.7 Å². The number of carbonyl (C=O) groups excluding carboxylic acids is 1. The Balaban J connectivity index is 1.53. The van der Waals surface area contributed by atoms with Crippen molar-refractivity contribution in [3.05, 3.63) is 65.0 Å². The first-order chi connectivity index (χ1) is 14.9.